The molecule has 0 aliphatic heterocycles. The van der Waals surface area contributed by atoms with Crippen LogP contribution in [-0.2, 0) is 14.3 Å². The Morgan fingerprint density at radius 3 is 2.12 bits per heavy atom. The second-order valence-electron chi connectivity index (χ2n) is 4.41. The van der Waals surface area contributed by atoms with Gasteiger partial charge in [-0.1, -0.05) is 41.5 Å². The maximum Gasteiger partial charge on any atom is 0.316 e. The summed E-state index contributed by atoms with van der Waals surface area (Å²) in [4.78, 5) is 22.6. The van der Waals surface area contributed by atoms with Gasteiger partial charge in [-0.2, -0.15) is 0 Å². The molecule has 1 fully saturated rings. The van der Waals surface area contributed by atoms with E-state index in [-0.39, 0.29) is 17.2 Å². The Balaban J connectivity index is 0. The first kappa shape index (κ1) is 18.5. The molecule has 0 aromatic carbocycles. The molecule has 1 atom stereocenters. The predicted molar refractivity (Wildman–Crippen MR) is 70.8 cm³/mol. The Morgan fingerprint density at radius 1 is 1.24 bits per heavy atom. The van der Waals surface area contributed by atoms with Gasteiger partial charge in [0.2, 0.25) is 0 Å². The molecule has 17 heavy (non-hydrogen) atoms. The molecule has 1 aliphatic rings. The molecule has 102 valence electrons. The van der Waals surface area contributed by atoms with Gasteiger partial charge in [0.1, 0.15) is 11.7 Å². The topological polar surface area (TPSA) is 43.4 Å². The molecule has 0 aromatic heterocycles. The molecule has 0 spiro atoms. The number of carbonyl (C=O) groups excluding carboxylic acids is 2. The summed E-state index contributed by atoms with van der Waals surface area (Å²) >= 11 is 0. The zero-order chi connectivity index (χ0) is 14.1. The lowest BCUT2D eigenvalue weighted by Gasteiger charge is -2.32. The average Bonchev–Trinajstić information content (AvgIpc) is 2.36. The first-order chi connectivity index (χ1) is 7.96. The monoisotopic (exact) mass is 244 g/mol. The summed E-state index contributed by atoms with van der Waals surface area (Å²) in [5.74, 6) is -0.863. The molecule has 0 saturated heterocycles. The Labute approximate surface area is 106 Å². The molecule has 3 nitrogen and oxygen atoms in total. The van der Waals surface area contributed by atoms with Crippen LogP contribution in [0, 0.1) is 11.3 Å². The maximum absolute atomic E-state index is 11.4. The number of Topliss-reactive ketones (excluding diaryl/α,β-unsaturated/α-hetero) is 1. The third kappa shape index (κ3) is 6.44. The molecular formula is C14H28O3. The number of rotatable bonds is 1. The molecule has 1 unspecified atom stereocenters. The van der Waals surface area contributed by atoms with E-state index < -0.39 is 5.92 Å². The summed E-state index contributed by atoms with van der Waals surface area (Å²) in [5.41, 5.74) is 0.0900. The lowest BCUT2D eigenvalue weighted by atomic mass is 9.71. The van der Waals surface area contributed by atoms with Crippen LogP contribution in [0.3, 0.4) is 0 Å². The minimum absolute atomic E-state index is 0.0335. The highest BCUT2D eigenvalue weighted by molar-refractivity contribution is 5.99. The van der Waals surface area contributed by atoms with Crippen LogP contribution in [-0.4, -0.2) is 18.9 Å². The van der Waals surface area contributed by atoms with E-state index in [0.717, 1.165) is 6.42 Å². The highest BCUT2D eigenvalue weighted by Crippen LogP contribution is 2.37. The molecule has 0 amide bonds. The fraction of sp³-hybridized carbons (Fsp3) is 0.857. The van der Waals surface area contributed by atoms with E-state index in [1.54, 1.807) is 0 Å². The van der Waals surface area contributed by atoms with Crippen molar-refractivity contribution >= 4 is 11.8 Å². The van der Waals surface area contributed by atoms with Crippen molar-refractivity contribution in [2.24, 2.45) is 11.3 Å². The number of esters is 1. The molecule has 3 heteroatoms. The van der Waals surface area contributed by atoms with E-state index in [9.17, 15) is 9.59 Å². The number of carbonyl (C=O) groups is 2. The van der Waals surface area contributed by atoms with Crippen molar-refractivity contribution in [1.82, 2.24) is 0 Å². The molecule has 0 heterocycles. The second-order valence-corrected chi connectivity index (χ2v) is 4.41. The quantitative estimate of drug-likeness (QED) is 0.523. The highest BCUT2D eigenvalue weighted by atomic mass is 16.5. The molecule has 0 radical (unpaired) electrons. The Kier molecular flexibility index (Phi) is 10.0. The third-order valence-electron chi connectivity index (χ3n) is 2.68. The van der Waals surface area contributed by atoms with Crippen molar-refractivity contribution in [2.45, 2.75) is 60.8 Å². The normalized spacial score (nSPS) is 21.4. The first-order valence-electron chi connectivity index (χ1n) is 6.57. The van der Waals surface area contributed by atoms with Crippen molar-refractivity contribution in [3.63, 3.8) is 0 Å². The molecule has 1 rings (SSSR count). The van der Waals surface area contributed by atoms with Crippen LogP contribution >= 0.6 is 0 Å². The number of hydrogen-bond acceptors (Lipinski definition) is 3. The van der Waals surface area contributed by atoms with Gasteiger partial charge in [0.15, 0.2) is 0 Å². The van der Waals surface area contributed by atoms with E-state index in [4.69, 9.17) is 0 Å². The SMILES string of the molecule is CC.CC.COC(=O)C1CC(C)(C)CCC1=O. The maximum atomic E-state index is 11.4. The summed E-state index contributed by atoms with van der Waals surface area (Å²) in [6.07, 6.45) is 2.00. The molecule has 1 saturated carbocycles. The van der Waals surface area contributed by atoms with E-state index >= 15 is 0 Å². The van der Waals surface area contributed by atoms with Crippen LogP contribution in [0.4, 0.5) is 0 Å². The first-order valence-corrected chi connectivity index (χ1v) is 6.57. The van der Waals surface area contributed by atoms with E-state index in [1.165, 1.54) is 7.11 Å². The minimum Gasteiger partial charge on any atom is -0.468 e. The molecular weight excluding hydrogens is 216 g/mol. The fourth-order valence-electron chi connectivity index (χ4n) is 1.76. The van der Waals surface area contributed by atoms with Crippen molar-refractivity contribution < 1.29 is 14.3 Å². The highest BCUT2D eigenvalue weighted by Gasteiger charge is 2.38. The second kappa shape index (κ2) is 9.20. The van der Waals surface area contributed by atoms with Crippen molar-refractivity contribution in [2.75, 3.05) is 7.11 Å². The van der Waals surface area contributed by atoms with Gasteiger partial charge in [-0.3, -0.25) is 9.59 Å². The van der Waals surface area contributed by atoms with E-state index in [1.807, 2.05) is 27.7 Å². The van der Waals surface area contributed by atoms with Crippen LogP contribution in [0.2, 0.25) is 0 Å². The van der Waals surface area contributed by atoms with Gasteiger partial charge in [-0.05, 0) is 18.3 Å². The fourth-order valence-corrected chi connectivity index (χ4v) is 1.76. The van der Waals surface area contributed by atoms with Gasteiger partial charge in [-0.15, -0.1) is 0 Å². The van der Waals surface area contributed by atoms with Gasteiger partial charge in [0.05, 0.1) is 7.11 Å². The standard InChI is InChI=1S/C10H16O3.2C2H6/c1-10(2)5-4-8(11)7(6-10)9(12)13-3;2*1-2/h7H,4-6H2,1-3H3;2*1-2H3. The van der Waals surface area contributed by atoms with Crippen LogP contribution in [0.15, 0.2) is 0 Å². The largest absolute Gasteiger partial charge is 0.468 e. The third-order valence-corrected chi connectivity index (χ3v) is 2.68. The van der Waals surface area contributed by atoms with Crippen LogP contribution in [0.25, 0.3) is 0 Å². The van der Waals surface area contributed by atoms with Gasteiger partial charge < -0.3 is 4.74 Å². The minimum atomic E-state index is -0.520. The van der Waals surface area contributed by atoms with Crippen molar-refractivity contribution in [3.8, 4) is 0 Å². The number of ether oxygens (including phenoxy) is 1. The number of hydrogen-bond donors (Lipinski definition) is 0. The summed E-state index contributed by atoms with van der Waals surface area (Å²) in [6.45, 7) is 12.2. The van der Waals surface area contributed by atoms with Gasteiger partial charge in [-0.25, -0.2) is 0 Å². The summed E-state index contributed by atoms with van der Waals surface area (Å²) in [5, 5.41) is 0. The van der Waals surface area contributed by atoms with Crippen LogP contribution in [0.5, 0.6) is 0 Å². The summed E-state index contributed by atoms with van der Waals surface area (Å²) < 4.78 is 4.59. The summed E-state index contributed by atoms with van der Waals surface area (Å²) in [6, 6.07) is 0. The average molecular weight is 244 g/mol. The van der Waals surface area contributed by atoms with Gasteiger partial charge in [0.25, 0.3) is 0 Å². The van der Waals surface area contributed by atoms with Crippen molar-refractivity contribution in [1.29, 1.82) is 0 Å². The molecule has 0 N–H and O–H groups in total. The molecule has 1 aliphatic carbocycles. The number of methoxy groups -OCH3 is 1. The molecule has 0 bridgehead atoms. The van der Waals surface area contributed by atoms with Crippen LogP contribution in [0.1, 0.15) is 60.8 Å². The summed E-state index contributed by atoms with van der Waals surface area (Å²) in [7, 11) is 1.33. The zero-order valence-electron chi connectivity index (χ0n) is 12.4. The Morgan fingerprint density at radius 2 is 1.71 bits per heavy atom. The van der Waals surface area contributed by atoms with Gasteiger partial charge in [0, 0.05) is 6.42 Å². The Bertz CT molecular complexity index is 224. The van der Waals surface area contributed by atoms with E-state index in [2.05, 4.69) is 18.6 Å². The van der Waals surface area contributed by atoms with E-state index in [0.29, 0.717) is 12.8 Å². The van der Waals surface area contributed by atoms with Gasteiger partial charge >= 0.3 is 5.97 Å². The molecule has 0 aromatic rings. The zero-order valence-corrected chi connectivity index (χ0v) is 12.4. The Hall–Kier alpha value is -0.860. The predicted octanol–water partition coefficient (Wildman–Crippen LogP) is 3.61. The lowest BCUT2D eigenvalue weighted by Crippen LogP contribution is -2.35. The smallest absolute Gasteiger partial charge is 0.316 e. The van der Waals surface area contributed by atoms with Crippen LogP contribution < -0.4 is 0 Å². The number of ketones is 1. The lowest BCUT2D eigenvalue weighted by molar-refractivity contribution is -0.152. The van der Waals surface area contributed by atoms with Crippen molar-refractivity contribution in [3.05, 3.63) is 0 Å².